The van der Waals surface area contributed by atoms with E-state index in [1.807, 2.05) is 31.2 Å². The maximum atomic E-state index is 13.9. The number of primary amides is 1. The number of hydrogen-bond donors (Lipinski definition) is 3. The maximum Gasteiger partial charge on any atom is 0.270 e. The zero-order chi connectivity index (χ0) is 26.4. The van der Waals surface area contributed by atoms with Gasteiger partial charge in [-0.3, -0.25) is 14.4 Å². The molecular weight excluding hydrogens is 498 g/mol. The van der Waals surface area contributed by atoms with Gasteiger partial charge in [-0.1, -0.05) is 73.5 Å². The first-order chi connectivity index (χ1) is 17.1. The smallest absolute Gasteiger partial charge is 0.270 e. The maximum absolute atomic E-state index is 13.9. The lowest BCUT2D eigenvalue weighted by Gasteiger charge is -2.31. The summed E-state index contributed by atoms with van der Waals surface area (Å²) in [6.45, 7) is 6.57. The molecule has 1 aromatic heterocycles. The van der Waals surface area contributed by atoms with Crippen molar-refractivity contribution in [3.8, 4) is 0 Å². The number of halogens is 1. The van der Waals surface area contributed by atoms with Crippen LogP contribution in [0, 0.1) is 12.8 Å². The van der Waals surface area contributed by atoms with Gasteiger partial charge in [0, 0.05) is 18.1 Å². The summed E-state index contributed by atoms with van der Waals surface area (Å²) < 4.78 is 3.97. The molecule has 1 atom stereocenters. The molecule has 0 saturated heterocycles. The molecule has 0 aliphatic carbocycles. The highest BCUT2D eigenvalue weighted by molar-refractivity contribution is 7.09. The quantitative estimate of drug-likeness (QED) is 0.361. The van der Waals surface area contributed by atoms with E-state index in [9.17, 15) is 14.4 Å². The monoisotopic (exact) mass is 527 g/mol. The molecule has 1 heterocycles. The van der Waals surface area contributed by atoms with E-state index < -0.39 is 17.9 Å². The van der Waals surface area contributed by atoms with Gasteiger partial charge in [0.2, 0.25) is 5.91 Å². The van der Waals surface area contributed by atoms with E-state index in [-0.39, 0.29) is 28.7 Å². The minimum atomic E-state index is -0.986. The van der Waals surface area contributed by atoms with Crippen molar-refractivity contribution in [3.05, 3.63) is 80.8 Å². The van der Waals surface area contributed by atoms with Crippen LogP contribution in [0.25, 0.3) is 0 Å². The van der Waals surface area contributed by atoms with Gasteiger partial charge in [0.25, 0.3) is 11.8 Å². The van der Waals surface area contributed by atoms with Crippen LogP contribution < -0.4 is 16.8 Å². The molecule has 0 bridgehead atoms. The zero-order valence-electron chi connectivity index (χ0n) is 20.5. The Bertz CT molecular complexity index is 1240. The molecule has 0 aliphatic rings. The number of nitrogens with zero attached hydrogens (tertiary/aromatic N) is 2. The van der Waals surface area contributed by atoms with Crippen LogP contribution in [0.5, 0.6) is 0 Å². The molecule has 3 aromatic rings. The van der Waals surface area contributed by atoms with Crippen LogP contribution in [0.1, 0.15) is 63.2 Å². The fraction of sp³-hybridized carbons (Fsp3) is 0.308. The van der Waals surface area contributed by atoms with E-state index >= 15 is 0 Å². The van der Waals surface area contributed by atoms with Crippen molar-refractivity contribution in [1.29, 1.82) is 0 Å². The highest BCUT2D eigenvalue weighted by Crippen LogP contribution is 2.31. The van der Waals surface area contributed by atoms with Crippen LogP contribution >= 0.6 is 23.1 Å². The van der Waals surface area contributed by atoms with Crippen LogP contribution in [0.3, 0.4) is 0 Å². The van der Waals surface area contributed by atoms with Gasteiger partial charge < -0.3 is 21.7 Å². The summed E-state index contributed by atoms with van der Waals surface area (Å²) in [7, 11) is 0. The Morgan fingerprint density at radius 1 is 1.11 bits per heavy atom. The summed E-state index contributed by atoms with van der Waals surface area (Å²) in [6, 6.07) is 13.5. The Kier molecular flexibility index (Phi) is 9.06. The van der Waals surface area contributed by atoms with E-state index in [4.69, 9.17) is 23.1 Å². The van der Waals surface area contributed by atoms with Gasteiger partial charge >= 0.3 is 0 Å². The molecule has 0 fully saturated rings. The molecule has 3 rings (SSSR count). The van der Waals surface area contributed by atoms with Crippen molar-refractivity contribution in [2.45, 2.75) is 39.8 Å². The molecule has 3 amide bonds. The van der Waals surface area contributed by atoms with Crippen molar-refractivity contribution in [3.63, 3.8) is 0 Å². The molecule has 0 saturated carbocycles. The Balaban J connectivity index is 2.11. The third kappa shape index (κ3) is 6.41. The van der Waals surface area contributed by atoms with Gasteiger partial charge in [-0.25, -0.2) is 0 Å². The van der Waals surface area contributed by atoms with Crippen LogP contribution in [0.15, 0.2) is 48.5 Å². The average molecular weight is 528 g/mol. The third-order valence-electron chi connectivity index (χ3n) is 5.69. The largest absolute Gasteiger partial charge is 0.395 e. The fourth-order valence-electron chi connectivity index (χ4n) is 3.65. The Morgan fingerprint density at radius 2 is 1.78 bits per heavy atom. The van der Waals surface area contributed by atoms with Crippen molar-refractivity contribution in [2.24, 2.45) is 11.7 Å². The number of aryl methyl sites for hydroxylation is 1. The lowest BCUT2D eigenvalue weighted by molar-refractivity contribution is -0.126. The van der Waals surface area contributed by atoms with Crippen LogP contribution in [0.4, 0.5) is 5.69 Å². The van der Waals surface area contributed by atoms with Crippen molar-refractivity contribution in [2.75, 3.05) is 12.3 Å². The lowest BCUT2D eigenvalue weighted by Crippen LogP contribution is -2.43. The van der Waals surface area contributed by atoms with Crippen LogP contribution in [-0.4, -0.2) is 33.5 Å². The van der Waals surface area contributed by atoms with E-state index in [1.54, 1.807) is 24.3 Å². The highest BCUT2D eigenvalue weighted by atomic mass is 35.5. The normalized spacial score (nSPS) is 11.8. The second-order valence-corrected chi connectivity index (χ2v) is 10.1. The van der Waals surface area contributed by atoms with E-state index in [1.165, 1.54) is 4.90 Å². The van der Waals surface area contributed by atoms with Gasteiger partial charge in [0.1, 0.15) is 10.9 Å². The number of nitrogens with two attached hydrogens (primary N) is 2. The molecular formula is C26H30ClN5O3S. The van der Waals surface area contributed by atoms with Crippen molar-refractivity contribution >= 4 is 46.5 Å². The Labute approximate surface area is 219 Å². The van der Waals surface area contributed by atoms with E-state index in [0.29, 0.717) is 28.6 Å². The number of anilines is 1. The fourth-order valence-corrected chi connectivity index (χ4v) is 4.61. The molecule has 0 radical (unpaired) electrons. The van der Waals surface area contributed by atoms with Gasteiger partial charge in [-0.2, -0.15) is 4.37 Å². The standard InChI is InChI=1S/C26H30ClN5O3S/c1-15(2)12-13-30-25(34)22(17-10-8-16(3)9-11-17)32(14-18-6-4-5-7-19(18)27)26(35)23-20(28)21(24(29)33)31-36-23/h4-11,15,22H,12-14,28H2,1-3H3,(H2,29,33)(H,30,34)/t22-/m1/s1. The molecule has 5 N–H and O–H groups in total. The number of amides is 3. The Morgan fingerprint density at radius 3 is 2.36 bits per heavy atom. The van der Waals surface area contributed by atoms with Gasteiger partial charge in [0.15, 0.2) is 5.69 Å². The summed E-state index contributed by atoms with van der Waals surface area (Å²) in [4.78, 5) is 40.7. The second-order valence-electron chi connectivity index (χ2n) is 8.95. The molecule has 8 nitrogen and oxygen atoms in total. The SMILES string of the molecule is Cc1ccc([C@H](C(=O)NCCC(C)C)N(Cc2ccccc2Cl)C(=O)c2snc(C(N)=O)c2N)cc1. The minimum absolute atomic E-state index is 0.0257. The summed E-state index contributed by atoms with van der Waals surface area (Å²) in [5, 5.41) is 3.42. The highest BCUT2D eigenvalue weighted by Gasteiger charge is 2.35. The van der Waals surface area contributed by atoms with Gasteiger partial charge in [-0.15, -0.1) is 0 Å². The number of rotatable bonds is 10. The predicted octanol–water partition coefficient (Wildman–Crippen LogP) is 4.33. The molecule has 0 spiro atoms. The average Bonchev–Trinajstić information content (AvgIpc) is 3.22. The molecule has 190 valence electrons. The number of benzene rings is 2. The third-order valence-corrected chi connectivity index (χ3v) is 6.91. The second kappa shape index (κ2) is 12.0. The summed E-state index contributed by atoms with van der Waals surface area (Å²) in [5.74, 6) is -1.32. The zero-order valence-corrected chi connectivity index (χ0v) is 22.0. The van der Waals surface area contributed by atoms with Crippen molar-refractivity contribution in [1.82, 2.24) is 14.6 Å². The van der Waals surface area contributed by atoms with Crippen molar-refractivity contribution < 1.29 is 14.4 Å². The molecule has 0 unspecified atom stereocenters. The first kappa shape index (κ1) is 27.2. The molecule has 0 aliphatic heterocycles. The molecule has 36 heavy (non-hydrogen) atoms. The Hall–Kier alpha value is -3.43. The van der Waals surface area contributed by atoms with Gasteiger partial charge in [0.05, 0.1) is 5.69 Å². The number of carbonyl (C=O) groups excluding carboxylic acids is 3. The predicted molar refractivity (Wildman–Crippen MR) is 143 cm³/mol. The van der Waals surface area contributed by atoms with Gasteiger partial charge in [-0.05, 0) is 48.0 Å². The number of nitrogens with one attached hydrogen (secondary N) is 1. The van der Waals surface area contributed by atoms with E-state index in [0.717, 1.165) is 23.5 Å². The number of nitrogen functional groups attached to an aromatic ring is 1. The number of hydrogen-bond acceptors (Lipinski definition) is 6. The number of carbonyl (C=O) groups is 3. The minimum Gasteiger partial charge on any atom is -0.395 e. The summed E-state index contributed by atoms with van der Waals surface area (Å²) in [5.41, 5.74) is 13.5. The first-order valence-corrected chi connectivity index (χ1v) is 12.7. The topological polar surface area (TPSA) is 131 Å². The molecule has 10 heteroatoms. The molecule has 2 aromatic carbocycles. The number of aromatic nitrogens is 1. The first-order valence-electron chi connectivity index (χ1n) is 11.5. The van der Waals surface area contributed by atoms with E-state index in [2.05, 4.69) is 23.5 Å². The van der Waals surface area contributed by atoms with Crippen LogP contribution in [-0.2, 0) is 11.3 Å². The summed E-state index contributed by atoms with van der Waals surface area (Å²) in [6.07, 6.45) is 0.786. The summed E-state index contributed by atoms with van der Waals surface area (Å²) >= 11 is 7.20. The van der Waals surface area contributed by atoms with Crippen LogP contribution in [0.2, 0.25) is 5.02 Å². The lowest BCUT2D eigenvalue weighted by atomic mass is 10.0.